The van der Waals surface area contributed by atoms with Gasteiger partial charge < -0.3 is 5.73 Å². The number of hydrogen-bond donors (Lipinski definition) is 1. The lowest BCUT2D eigenvalue weighted by atomic mass is 10.3. The molecule has 7 heteroatoms. The molecule has 0 saturated carbocycles. The Bertz CT molecular complexity index is 685. The minimum Gasteiger partial charge on any atom is -0.398 e. The molecule has 0 bridgehead atoms. The lowest BCUT2D eigenvalue weighted by molar-refractivity contribution is 0.462. The summed E-state index contributed by atoms with van der Waals surface area (Å²) in [5, 5.41) is 0.109. The number of nitrogens with two attached hydrogens (primary N) is 1. The van der Waals surface area contributed by atoms with Crippen LogP contribution < -0.4 is 5.73 Å². The van der Waals surface area contributed by atoms with Crippen LogP contribution in [0.4, 0.5) is 5.69 Å². The summed E-state index contributed by atoms with van der Waals surface area (Å²) in [6, 6.07) is 9.93. The Hall–Kier alpha value is -1.63. The van der Waals surface area contributed by atoms with E-state index in [1.54, 1.807) is 30.5 Å². The summed E-state index contributed by atoms with van der Waals surface area (Å²) in [6.45, 7) is 0.147. The fourth-order valence-corrected chi connectivity index (χ4v) is 3.53. The second-order valence-corrected chi connectivity index (χ2v) is 6.63. The normalized spacial score (nSPS) is 11.8. The minimum absolute atomic E-state index is 0.0694. The number of hydrogen-bond acceptors (Lipinski definition) is 4. The first-order valence-electron chi connectivity index (χ1n) is 5.83. The second-order valence-electron chi connectivity index (χ2n) is 4.24. The number of sulfonamides is 1. The molecule has 2 aromatic rings. The molecule has 1 aromatic carbocycles. The average Bonchev–Trinajstić information content (AvgIpc) is 2.39. The van der Waals surface area contributed by atoms with Crippen molar-refractivity contribution in [2.24, 2.45) is 0 Å². The van der Waals surface area contributed by atoms with Gasteiger partial charge in [-0.25, -0.2) is 8.42 Å². The molecule has 0 aliphatic rings. The fraction of sp³-hybridized carbons (Fsp3) is 0.154. The third kappa shape index (κ3) is 2.92. The van der Waals surface area contributed by atoms with E-state index in [9.17, 15) is 8.42 Å². The van der Waals surface area contributed by atoms with Crippen molar-refractivity contribution in [3.63, 3.8) is 0 Å². The van der Waals surface area contributed by atoms with Gasteiger partial charge in [0, 0.05) is 13.2 Å². The zero-order chi connectivity index (χ0) is 14.8. The highest BCUT2D eigenvalue weighted by molar-refractivity contribution is 7.89. The number of rotatable bonds is 4. The maximum absolute atomic E-state index is 12.5. The molecule has 1 heterocycles. The molecule has 0 fully saturated rings. The van der Waals surface area contributed by atoms with Crippen molar-refractivity contribution in [3.8, 4) is 0 Å². The van der Waals surface area contributed by atoms with Crippen LogP contribution in [-0.2, 0) is 16.6 Å². The standard InChI is InChI=1S/C13H14ClN3O2S/c1-17(9-10-5-2-3-8-16-10)20(18,19)13-11(14)6-4-7-12(13)15/h2-8H,9,15H2,1H3. The fourth-order valence-electron chi connectivity index (χ4n) is 1.76. The predicted molar refractivity (Wildman–Crippen MR) is 78.8 cm³/mol. The molecule has 20 heavy (non-hydrogen) atoms. The molecule has 0 radical (unpaired) electrons. The van der Waals surface area contributed by atoms with E-state index in [4.69, 9.17) is 17.3 Å². The van der Waals surface area contributed by atoms with Crippen molar-refractivity contribution >= 4 is 27.3 Å². The molecule has 2 rings (SSSR count). The highest BCUT2D eigenvalue weighted by Crippen LogP contribution is 2.29. The van der Waals surface area contributed by atoms with E-state index in [1.165, 1.54) is 23.5 Å². The SMILES string of the molecule is CN(Cc1ccccn1)S(=O)(=O)c1c(N)cccc1Cl. The topological polar surface area (TPSA) is 76.3 Å². The average molecular weight is 312 g/mol. The molecule has 0 aliphatic carbocycles. The summed E-state index contributed by atoms with van der Waals surface area (Å²) in [5.41, 5.74) is 6.51. The third-order valence-corrected chi connectivity index (χ3v) is 5.12. The van der Waals surface area contributed by atoms with Crippen LogP contribution in [0.1, 0.15) is 5.69 Å². The maximum atomic E-state index is 12.5. The molecule has 0 unspecified atom stereocenters. The summed E-state index contributed by atoms with van der Waals surface area (Å²) in [7, 11) is -2.30. The van der Waals surface area contributed by atoms with Crippen LogP contribution in [0, 0.1) is 0 Å². The Morgan fingerprint density at radius 2 is 2.00 bits per heavy atom. The number of pyridine rings is 1. The Kier molecular flexibility index (Phi) is 4.27. The molecule has 106 valence electrons. The molecule has 0 atom stereocenters. The monoisotopic (exact) mass is 311 g/mol. The van der Waals surface area contributed by atoms with Crippen molar-refractivity contribution < 1.29 is 8.42 Å². The summed E-state index contributed by atoms with van der Waals surface area (Å²) >= 11 is 5.96. The van der Waals surface area contributed by atoms with Gasteiger partial charge in [-0.05, 0) is 24.3 Å². The molecular weight excluding hydrogens is 298 g/mol. The van der Waals surface area contributed by atoms with Crippen LogP contribution in [0.2, 0.25) is 5.02 Å². The number of anilines is 1. The molecule has 1 aromatic heterocycles. The predicted octanol–water partition coefficient (Wildman–Crippen LogP) is 2.14. The zero-order valence-electron chi connectivity index (χ0n) is 10.8. The summed E-state index contributed by atoms with van der Waals surface area (Å²) in [5.74, 6) is 0. The molecule has 0 spiro atoms. The smallest absolute Gasteiger partial charge is 0.246 e. The molecule has 2 N–H and O–H groups in total. The molecule has 5 nitrogen and oxygen atoms in total. The van der Waals surface area contributed by atoms with E-state index < -0.39 is 10.0 Å². The van der Waals surface area contributed by atoms with E-state index in [0.29, 0.717) is 5.69 Å². The Balaban J connectivity index is 2.35. The van der Waals surface area contributed by atoms with Gasteiger partial charge in [-0.1, -0.05) is 23.7 Å². The van der Waals surface area contributed by atoms with Gasteiger partial charge in [-0.15, -0.1) is 0 Å². The van der Waals surface area contributed by atoms with Gasteiger partial charge in [-0.2, -0.15) is 4.31 Å². The highest BCUT2D eigenvalue weighted by atomic mass is 35.5. The first kappa shape index (κ1) is 14.8. The van der Waals surface area contributed by atoms with Crippen LogP contribution in [0.3, 0.4) is 0 Å². The van der Waals surface area contributed by atoms with Gasteiger partial charge in [0.25, 0.3) is 0 Å². The second kappa shape index (κ2) is 5.78. The minimum atomic E-state index is -3.76. The van der Waals surface area contributed by atoms with Crippen molar-refractivity contribution in [1.82, 2.24) is 9.29 Å². The van der Waals surface area contributed by atoms with Crippen molar-refractivity contribution in [2.75, 3.05) is 12.8 Å². The number of halogens is 1. The van der Waals surface area contributed by atoms with E-state index >= 15 is 0 Å². The number of nitrogen functional groups attached to an aromatic ring is 1. The summed E-state index contributed by atoms with van der Waals surface area (Å²) in [4.78, 5) is 4.03. The number of nitrogens with zero attached hydrogens (tertiary/aromatic N) is 2. The first-order valence-corrected chi connectivity index (χ1v) is 7.65. The lowest BCUT2D eigenvalue weighted by Gasteiger charge is -2.18. The molecule has 0 aliphatic heterocycles. The van der Waals surface area contributed by atoms with E-state index in [0.717, 1.165) is 0 Å². The summed E-state index contributed by atoms with van der Waals surface area (Å²) < 4.78 is 26.2. The van der Waals surface area contributed by atoms with Crippen LogP contribution in [-0.4, -0.2) is 24.8 Å². The largest absolute Gasteiger partial charge is 0.398 e. The Morgan fingerprint density at radius 3 is 2.60 bits per heavy atom. The van der Waals surface area contributed by atoms with Crippen molar-refractivity contribution in [2.45, 2.75) is 11.4 Å². The van der Waals surface area contributed by atoms with Gasteiger partial charge >= 0.3 is 0 Å². The molecular formula is C13H14ClN3O2S. The number of benzene rings is 1. The number of aromatic nitrogens is 1. The van der Waals surface area contributed by atoms with E-state index in [1.807, 2.05) is 0 Å². The van der Waals surface area contributed by atoms with Gasteiger partial charge in [0.15, 0.2) is 0 Å². The van der Waals surface area contributed by atoms with Crippen molar-refractivity contribution in [3.05, 3.63) is 53.3 Å². The van der Waals surface area contributed by atoms with Crippen LogP contribution in [0.5, 0.6) is 0 Å². The van der Waals surface area contributed by atoms with Crippen LogP contribution >= 0.6 is 11.6 Å². The van der Waals surface area contributed by atoms with Gasteiger partial charge in [0.1, 0.15) is 4.90 Å². The van der Waals surface area contributed by atoms with Crippen LogP contribution in [0.15, 0.2) is 47.5 Å². The zero-order valence-corrected chi connectivity index (χ0v) is 12.4. The Labute approximate surface area is 123 Å². The third-order valence-electron chi connectivity index (χ3n) is 2.78. The lowest BCUT2D eigenvalue weighted by Crippen LogP contribution is -2.27. The first-order chi connectivity index (χ1) is 9.43. The highest BCUT2D eigenvalue weighted by Gasteiger charge is 2.26. The quantitative estimate of drug-likeness (QED) is 0.878. The Morgan fingerprint density at radius 1 is 1.25 bits per heavy atom. The van der Waals surface area contributed by atoms with Gasteiger partial charge in [0.2, 0.25) is 10.0 Å². The molecule has 0 saturated heterocycles. The van der Waals surface area contributed by atoms with Gasteiger partial charge in [-0.3, -0.25) is 4.98 Å². The van der Waals surface area contributed by atoms with Crippen molar-refractivity contribution in [1.29, 1.82) is 0 Å². The maximum Gasteiger partial charge on any atom is 0.246 e. The van der Waals surface area contributed by atoms with Gasteiger partial charge in [0.05, 0.1) is 22.9 Å². The van der Waals surface area contributed by atoms with Crippen LogP contribution in [0.25, 0.3) is 0 Å². The summed E-state index contributed by atoms with van der Waals surface area (Å²) in [6.07, 6.45) is 1.61. The van der Waals surface area contributed by atoms with E-state index in [2.05, 4.69) is 4.98 Å². The molecule has 0 amide bonds. The van der Waals surface area contributed by atoms with E-state index in [-0.39, 0.29) is 22.2 Å².